The van der Waals surface area contributed by atoms with Gasteiger partial charge in [0.05, 0.1) is 0 Å². The summed E-state index contributed by atoms with van der Waals surface area (Å²) in [6.45, 7) is 0. The van der Waals surface area contributed by atoms with Crippen molar-refractivity contribution in [3.63, 3.8) is 0 Å². The van der Waals surface area contributed by atoms with Crippen molar-refractivity contribution in [2.24, 2.45) is 0 Å². The first-order valence-corrected chi connectivity index (χ1v) is 25.9. The number of nitrogens with zero attached hydrogens (tertiary/aromatic N) is 6. The topological polar surface area (TPSA) is 77.3 Å². The van der Waals surface area contributed by atoms with E-state index in [1.807, 2.05) is 121 Å². The van der Waals surface area contributed by atoms with Crippen LogP contribution in [-0.2, 0) is 0 Å². The van der Waals surface area contributed by atoms with Crippen molar-refractivity contribution < 1.29 is 0 Å². The van der Waals surface area contributed by atoms with Gasteiger partial charge in [-0.2, -0.15) is 0 Å². The lowest BCUT2D eigenvalue weighted by molar-refractivity contribution is 1.07. The molecule has 0 N–H and O–H groups in total. The van der Waals surface area contributed by atoms with E-state index in [1.165, 1.54) is 0 Å². The van der Waals surface area contributed by atoms with Gasteiger partial charge in [-0.15, -0.1) is 10.0 Å². The molecule has 0 amide bonds. The predicted octanol–water partition coefficient (Wildman–Crippen LogP) is 16.7. The maximum atomic E-state index is 5.23. The molecule has 2 heterocycles. The zero-order valence-electron chi connectivity index (χ0n) is 39.6. The van der Waals surface area contributed by atoms with E-state index in [2.05, 4.69) is 158 Å². The molecule has 6 nitrogen and oxygen atoms in total. The van der Waals surface area contributed by atoms with Crippen LogP contribution in [0.5, 0.6) is 0 Å². The SMILES string of the molecule is c1ccc(-c2cccc(S(c3cccc(-c4ccccc4)c3)(c3cccc(-c4nc(-c5ccccc5)nc(-c5ccccc5)n4)c3)c3cccc(-c4nc(-c5ccccc5)nc(-c5ccccc5)n4)c3)c2)cc1. The summed E-state index contributed by atoms with van der Waals surface area (Å²) in [4.78, 5) is 35.5. The summed E-state index contributed by atoms with van der Waals surface area (Å²) in [5.74, 6) is 3.59. The van der Waals surface area contributed by atoms with E-state index in [-0.39, 0.29) is 0 Å². The Morgan fingerprint density at radius 3 is 0.616 bits per heavy atom. The van der Waals surface area contributed by atoms with E-state index < -0.39 is 10.0 Å². The molecule has 0 bridgehead atoms. The third-order valence-electron chi connectivity index (χ3n) is 12.9. The first kappa shape index (κ1) is 44.8. The van der Waals surface area contributed by atoms with Gasteiger partial charge in [-0.25, -0.2) is 29.9 Å². The molecule has 0 atom stereocenters. The fourth-order valence-corrected chi connectivity index (χ4v) is 13.3. The predicted molar refractivity (Wildman–Crippen MR) is 297 cm³/mol. The van der Waals surface area contributed by atoms with Crippen molar-refractivity contribution in [3.05, 3.63) is 279 Å². The number of hydrogen-bond acceptors (Lipinski definition) is 6. The van der Waals surface area contributed by atoms with Crippen LogP contribution in [0.15, 0.2) is 299 Å². The lowest BCUT2D eigenvalue weighted by Gasteiger charge is -2.43. The van der Waals surface area contributed by atoms with E-state index >= 15 is 0 Å². The monoisotopic (exact) mass is 954 g/mol. The molecular weight excluding hydrogens is 909 g/mol. The molecule has 346 valence electrons. The molecule has 0 spiro atoms. The minimum absolute atomic E-state index is 0.583. The van der Waals surface area contributed by atoms with Gasteiger partial charge in [0.1, 0.15) is 0 Å². The highest BCUT2D eigenvalue weighted by Crippen LogP contribution is 2.74. The second kappa shape index (κ2) is 20.1. The molecule has 0 aliphatic heterocycles. The molecule has 0 aliphatic rings. The second-order valence-corrected chi connectivity index (χ2v) is 20.6. The highest BCUT2D eigenvalue weighted by molar-refractivity contribution is 8.34. The van der Waals surface area contributed by atoms with Crippen molar-refractivity contribution in [3.8, 4) is 90.6 Å². The molecule has 0 saturated carbocycles. The van der Waals surface area contributed by atoms with Gasteiger partial charge in [0, 0.05) is 53.0 Å². The van der Waals surface area contributed by atoms with E-state index in [9.17, 15) is 0 Å². The normalized spacial score (nSPS) is 11.5. The molecule has 10 aromatic carbocycles. The molecule has 7 heteroatoms. The Morgan fingerprint density at radius 2 is 0.356 bits per heavy atom. The van der Waals surface area contributed by atoms with E-state index in [0.29, 0.717) is 34.9 Å². The van der Waals surface area contributed by atoms with Crippen LogP contribution in [0.1, 0.15) is 0 Å². The molecule has 73 heavy (non-hydrogen) atoms. The number of aromatic nitrogens is 6. The molecule has 0 saturated heterocycles. The Kier molecular flexibility index (Phi) is 12.3. The maximum absolute atomic E-state index is 5.23. The molecular formula is C66H46N6S. The van der Waals surface area contributed by atoms with Crippen LogP contribution in [0.4, 0.5) is 0 Å². The summed E-state index contributed by atoms with van der Waals surface area (Å²) >= 11 is 0. The lowest BCUT2D eigenvalue weighted by atomic mass is 10.1. The molecule has 0 fully saturated rings. The number of hydrogen-bond donors (Lipinski definition) is 0. The maximum Gasteiger partial charge on any atom is 0.164 e. The van der Waals surface area contributed by atoms with Crippen molar-refractivity contribution in [1.29, 1.82) is 0 Å². The van der Waals surface area contributed by atoms with Crippen LogP contribution in [0.3, 0.4) is 0 Å². The summed E-state index contributed by atoms with van der Waals surface area (Å²) in [5, 5.41) is 0. The summed E-state index contributed by atoms with van der Waals surface area (Å²) in [6.07, 6.45) is 0. The fourth-order valence-electron chi connectivity index (χ4n) is 9.34. The molecule has 0 radical (unpaired) electrons. The van der Waals surface area contributed by atoms with Crippen LogP contribution >= 0.6 is 10.0 Å². The first-order chi connectivity index (χ1) is 36.2. The largest absolute Gasteiger partial charge is 0.208 e. The summed E-state index contributed by atoms with van der Waals surface area (Å²) in [6, 6.07) is 97.6. The van der Waals surface area contributed by atoms with Crippen LogP contribution in [-0.4, -0.2) is 29.9 Å². The smallest absolute Gasteiger partial charge is 0.164 e. The Labute approximate surface area is 426 Å². The van der Waals surface area contributed by atoms with Crippen LogP contribution in [0.25, 0.3) is 90.6 Å². The van der Waals surface area contributed by atoms with Crippen molar-refractivity contribution >= 4 is 10.0 Å². The Balaban J connectivity index is 1.14. The summed E-state index contributed by atoms with van der Waals surface area (Å²) in [7, 11) is -2.42. The average molecular weight is 955 g/mol. The van der Waals surface area contributed by atoms with Gasteiger partial charge >= 0.3 is 0 Å². The standard InChI is InChI=1S/C66H46N6S/c1-7-23-47(24-8-1)53-35-19-39-57(43-53)73(58-40-20-36-54(44-58)48-25-9-2-10-26-48,59-41-21-37-55(45-59)65-69-61(49-27-11-3-12-28-49)67-62(70-65)50-29-13-4-14-30-50)60-42-22-38-56(46-60)66-71-63(51-31-15-5-16-32-51)68-64(72-66)52-33-17-6-18-34-52/h1-46H. The molecule has 2 aromatic heterocycles. The number of benzene rings is 10. The minimum Gasteiger partial charge on any atom is -0.208 e. The Bertz CT molecular complexity index is 3470. The summed E-state index contributed by atoms with van der Waals surface area (Å²) in [5.41, 5.74) is 9.91. The second-order valence-electron chi connectivity index (χ2n) is 17.5. The summed E-state index contributed by atoms with van der Waals surface area (Å²) < 4.78 is 0. The Hall–Kier alpha value is -9.43. The van der Waals surface area contributed by atoms with Gasteiger partial charge in [0.25, 0.3) is 0 Å². The van der Waals surface area contributed by atoms with Crippen LogP contribution in [0, 0.1) is 0 Å². The van der Waals surface area contributed by atoms with Gasteiger partial charge in [-0.05, 0) is 70.8 Å². The van der Waals surface area contributed by atoms with Crippen molar-refractivity contribution in [1.82, 2.24) is 29.9 Å². The minimum atomic E-state index is -2.42. The molecule has 12 rings (SSSR count). The van der Waals surface area contributed by atoms with Crippen LogP contribution in [0.2, 0.25) is 0 Å². The third-order valence-corrected chi connectivity index (χ3v) is 16.7. The van der Waals surface area contributed by atoms with Gasteiger partial charge in [0.2, 0.25) is 0 Å². The lowest BCUT2D eigenvalue weighted by Crippen LogP contribution is -2.07. The zero-order valence-corrected chi connectivity index (χ0v) is 40.5. The average Bonchev–Trinajstić information content (AvgIpc) is 3.49. The first-order valence-electron chi connectivity index (χ1n) is 24.2. The Morgan fingerprint density at radius 1 is 0.164 bits per heavy atom. The fraction of sp³-hybridized carbons (Fsp3) is 0. The number of rotatable bonds is 12. The zero-order chi connectivity index (χ0) is 48.8. The van der Waals surface area contributed by atoms with Crippen molar-refractivity contribution in [2.45, 2.75) is 19.6 Å². The van der Waals surface area contributed by atoms with Gasteiger partial charge < -0.3 is 0 Å². The van der Waals surface area contributed by atoms with Gasteiger partial charge in [0.15, 0.2) is 34.9 Å². The highest BCUT2D eigenvalue weighted by Gasteiger charge is 2.35. The van der Waals surface area contributed by atoms with Crippen LogP contribution < -0.4 is 0 Å². The molecule has 0 unspecified atom stereocenters. The van der Waals surface area contributed by atoms with E-state index in [1.54, 1.807) is 0 Å². The highest BCUT2D eigenvalue weighted by atomic mass is 32.3. The molecule has 12 aromatic rings. The van der Waals surface area contributed by atoms with E-state index in [0.717, 1.165) is 75.2 Å². The van der Waals surface area contributed by atoms with Crippen molar-refractivity contribution in [2.75, 3.05) is 0 Å². The van der Waals surface area contributed by atoms with E-state index in [4.69, 9.17) is 29.9 Å². The third kappa shape index (κ3) is 9.13. The molecule has 0 aliphatic carbocycles. The van der Waals surface area contributed by atoms with Gasteiger partial charge in [-0.1, -0.05) is 231 Å². The quantitative estimate of drug-likeness (QED) is 0.121. The van der Waals surface area contributed by atoms with Gasteiger partial charge in [-0.3, -0.25) is 0 Å².